The van der Waals surface area contributed by atoms with Crippen molar-refractivity contribution in [2.24, 2.45) is 0 Å². The van der Waals surface area contributed by atoms with Crippen LogP contribution in [-0.2, 0) is 11.8 Å². The molecule has 0 bridgehead atoms. The van der Waals surface area contributed by atoms with Crippen LogP contribution >= 0.6 is 0 Å². The standard InChI is InChI=1S/C15H19N3O/c1-11-5-3-4-6-12(11)16-10-7-13-17-14(18-19-13)15(2)8-9-15/h3-6,16H,7-10H2,1-2H3. The van der Waals surface area contributed by atoms with Crippen LogP contribution in [-0.4, -0.2) is 16.7 Å². The predicted molar refractivity (Wildman–Crippen MR) is 74.3 cm³/mol. The van der Waals surface area contributed by atoms with Gasteiger partial charge in [-0.15, -0.1) is 0 Å². The number of nitrogens with one attached hydrogen (secondary N) is 1. The van der Waals surface area contributed by atoms with Gasteiger partial charge in [-0.3, -0.25) is 0 Å². The van der Waals surface area contributed by atoms with Gasteiger partial charge >= 0.3 is 0 Å². The molecule has 0 atom stereocenters. The van der Waals surface area contributed by atoms with Crippen molar-refractivity contribution in [1.29, 1.82) is 0 Å². The molecule has 1 N–H and O–H groups in total. The van der Waals surface area contributed by atoms with Gasteiger partial charge in [-0.1, -0.05) is 30.3 Å². The maximum atomic E-state index is 5.30. The second-order valence-electron chi connectivity index (χ2n) is 5.56. The number of para-hydroxylation sites is 1. The van der Waals surface area contributed by atoms with E-state index in [9.17, 15) is 0 Å². The fourth-order valence-corrected chi connectivity index (χ4v) is 2.09. The molecule has 0 unspecified atom stereocenters. The van der Waals surface area contributed by atoms with Crippen molar-refractivity contribution in [3.05, 3.63) is 41.5 Å². The lowest BCUT2D eigenvalue weighted by molar-refractivity contribution is 0.371. The molecule has 0 radical (unpaired) electrons. The molecule has 100 valence electrons. The zero-order valence-electron chi connectivity index (χ0n) is 11.4. The first-order valence-electron chi connectivity index (χ1n) is 6.80. The lowest BCUT2D eigenvalue weighted by atomic mass is 10.1. The summed E-state index contributed by atoms with van der Waals surface area (Å²) in [5.74, 6) is 1.60. The maximum Gasteiger partial charge on any atom is 0.228 e. The van der Waals surface area contributed by atoms with Crippen molar-refractivity contribution in [3.8, 4) is 0 Å². The Morgan fingerprint density at radius 3 is 2.84 bits per heavy atom. The first-order valence-corrected chi connectivity index (χ1v) is 6.80. The second kappa shape index (κ2) is 4.68. The van der Waals surface area contributed by atoms with E-state index in [0.717, 1.165) is 30.4 Å². The van der Waals surface area contributed by atoms with Crippen molar-refractivity contribution in [1.82, 2.24) is 10.1 Å². The molecule has 2 aromatic rings. The van der Waals surface area contributed by atoms with Crippen LogP contribution in [0.25, 0.3) is 0 Å². The Morgan fingerprint density at radius 1 is 1.32 bits per heavy atom. The number of nitrogens with zero attached hydrogens (tertiary/aromatic N) is 2. The minimum absolute atomic E-state index is 0.186. The van der Waals surface area contributed by atoms with Crippen molar-refractivity contribution >= 4 is 5.69 Å². The van der Waals surface area contributed by atoms with Gasteiger partial charge in [0.2, 0.25) is 5.89 Å². The summed E-state index contributed by atoms with van der Waals surface area (Å²) in [7, 11) is 0. The molecule has 4 nitrogen and oxygen atoms in total. The zero-order chi connectivity index (χ0) is 13.3. The molecule has 0 aliphatic heterocycles. The van der Waals surface area contributed by atoms with Gasteiger partial charge in [-0.2, -0.15) is 4.98 Å². The van der Waals surface area contributed by atoms with Crippen molar-refractivity contribution < 1.29 is 4.52 Å². The summed E-state index contributed by atoms with van der Waals surface area (Å²) in [6.45, 7) is 5.09. The third kappa shape index (κ3) is 2.62. The van der Waals surface area contributed by atoms with Gasteiger partial charge in [-0.25, -0.2) is 0 Å². The lowest BCUT2D eigenvalue weighted by Crippen LogP contribution is -2.07. The first-order chi connectivity index (χ1) is 9.17. The van der Waals surface area contributed by atoms with E-state index in [1.807, 2.05) is 12.1 Å². The summed E-state index contributed by atoms with van der Waals surface area (Å²) in [6.07, 6.45) is 3.11. The Kier molecular flexibility index (Phi) is 3.01. The zero-order valence-corrected chi connectivity index (χ0v) is 11.4. The number of benzene rings is 1. The molecule has 0 spiro atoms. The Morgan fingerprint density at radius 2 is 2.11 bits per heavy atom. The van der Waals surface area contributed by atoms with Gasteiger partial charge in [-0.05, 0) is 31.4 Å². The highest BCUT2D eigenvalue weighted by Crippen LogP contribution is 2.45. The van der Waals surface area contributed by atoms with Crippen LogP contribution in [0, 0.1) is 6.92 Å². The van der Waals surface area contributed by atoms with Crippen LogP contribution in [0.3, 0.4) is 0 Å². The molecule has 1 fully saturated rings. The second-order valence-corrected chi connectivity index (χ2v) is 5.56. The van der Waals surface area contributed by atoms with E-state index in [1.165, 1.54) is 18.4 Å². The summed E-state index contributed by atoms with van der Waals surface area (Å²) >= 11 is 0. The number of aromatic nitrogens is 2. The maximum absolute atomic E-state index is 5.30. The van der Waals surface area contributed by atoms with Gasteiger partial charge in [0, 0.05) is 24.1 Å². The van der Waals surface area contributed by atoms with Gasteiger partial charge in [0.05, 0.1) is 0 Å². The van der Waals surface area contributed by atoms with Crippen molar-refractivity contribution in [2.45, 2.75) is 38.5 Å². The largest absolute Gasteiger partial charge is 0.384 e. The lowest BCUT2D eigenvalue weighted by Gasteiger charge is -2.07. The van der Waals surface area contributed by atoms with E-state index < -0.39 is 0 Å². The van der Waals surface area contributed by atoms with Crippen LogP contribution in [0.5, 0.6) is 0 Å². The smallest absolute Gasteiger partial charge is 0.228 e. The van der Waals surface area contributed by atoms with Gasteiger partial charge in [0.15, 0.2) is 5.82 Å². The average molecular weight is 257 g/mol. The highest BCUT2D eigenvalue weighted by molar-refractivity contribution is 5.50. The Hall–Kier alpha value is -1.84. The first kappa shape index (κ1) is 12.2. The minimum Gasteiger partial charge on any atom is -0.384 e. The number of aryl methyl sites for hydroxylation is 1. The van der Waals surface area contributed by atoms with Crippen molar-refractivity contribution in [3.63, 3.8) is 0 Å². The van der Waals surface area contributed by atoms with Crippen LogP contribution in [0.4, 0.5) is 5.69 Å². The fraction of sp³-hybridized carbons (Fsp3) is 0.467. The molecule has 19 heavy (non-hydrogen) atoms. The monoisotopic (exact) mass is 257 g/mol. The van der Waals surface area contributed by atoms with Gasteiger partial charge in [0.1, 0.15) is 0 Å². The number of hydrogen-bond donors (Lipinski definition) is 1. The molecule has 1 aliphatic carbocycles. The Bertz CT molecular complexity index is 572. The van der Waals surface area contributed by atoms with E-state index in [1.54, 1.807) is 0 Å². The summed E-state index contributed by atoms with van der Waals surface area (Å²) in [4.78, 5) is 4.48. The third-order valence-corrected chi connectivity index (χ3v) is 3.81. The number of hydrogen-bond acceptors (Lipinski definition) is 4. The van der Waals surface area contributed by atoms with E-state index in [-0.39, 0.29) is 5.41 Å². The fourth-order valence-electron chi connectivity index (χ4n) is 2.09. The highest BCUT2D eigenvalue weighted by atomic mass is 16.5. The van der Waals surface area contributed by atoms with Gasteiger partial charge < -0.3 is 9.84 Å². The Labute approximate surface area is 113 Å². The van der Waals surface area contributed by atoms with Crippen molar-refractivity contribution in [2.75, 3.05) is 11.9 Å². The number of rotatable bonds is 5. The summed E-state index contributed by atoms with van der Waals surface area (Å²) in [5.41, 5.74) is 2.60. The summed E-state index contributed by atoms with van der Waals surface area (Å²) in [5, 5.41) is 7.48. The normalized spacial score (nSPS) is 16.3. The molecule has 1 saturated carbocycles. The quantitative estimate of drug-likeness (QED) is 0.894. The van der Waals surface area contributed by atoms with Gasteiger partial charge in [0.25, 0.3) is 0 Å². The molecule has 3 rings (SSSR count). The Balaban J connectivity index is 1.55. The highest BCUT2D eigenvalue weighted by Gasteiger charge is 2.43. The average Bonchev–Trinajstić information content (AvgIpc) is 2.98. The van der Waals surface area contributed by atoms with Crippen LogP contribution in [0.2, 0.25) is 0 Å². The molecular formula is C15H19N3O. The topological polar surface area (TPSA) is 51.0 Å². The molecule has 1 heterocycles. The van der Waals surface area contributed by atoms with Crippen LogP contribution < -0.4 is 5.32 Å². The van der Waals surface area contributed by atoms with Crippen LogP contribution in [0.1, 0.15) is 37.0 Å². The van der Waals surface area contributed by atoms with E-state index in [2.05, 4.69) is 41.4 Å². The summed E-state index contributed by atoms with van der Waals surface area (Å²) in [6, 6.07) is 8.26. The van der Waals surface area contributed by atoms with E-state index >= 15 is 0 Å². The molecule has 1 aliphatic rings. The van der Waals surface area contributed by atoms with Crippen LogP contribution in [0.15, 0.2) is 28.8 Å². The molecule has 0 amide bonds. The van der Waals surface area contributed by atoms with E-state index in [4.69, 9.17) is 4.52 Å². The third-order valence-electron chi connectivity index (χ3n) is 3.81. The molecular weight excluding hydrogens is 238 g/mol. The van der Waals surface area contributed by atoms with E-state index in [0.29, 0.717) is 0 Å². The molecule has 1 aromatic heterocycles. The molecule has 1 aromatic carbocycles. The summed E-state index contributed by atoms with van der Waals surface area (Å²) < 4.78 is 5.30. The SMILES string of the molecule is Cc1ccccc1NCCc1nc(C2(C)CC2)no1. The predicted octanol–water partition coefficient (Wildman–Crippen LogP) is 3.08. The minimum atomic E-state index is 0.186. The molecule has 0 saturated heterocycles. The number of anilines is 1. The molecule has 4 heteroatoms.